The van der Waals surface area contributed by atoms with E-state index in [1.165, 1.54) is 0 Å². The fraction of sp³-hybridized carbons (Fsp3) is 0.562. The Morgan fingerprint density at radius 1 is 1.35 bits per heavy atom. The van der Waals surface area contributed by atoms with Crippen LogP contribution in [0, 0.1) is 0 Å². The van der Waals surface area contributed by atoms with Gasteiger partial charge in [0.15, 0.2) is 0 Å². The number of alkyl halides is 1. The smallest absolute Gasteiger partial charge is 0.310 e. The van der Waals surface area contributed by atoms with E-state index in [1.54, 1.807) is 18.2 Å². The van der Waals surface area contributed by atoms with E-state index in [4.69, 9.17) is 23.2 Å². The summed E-state index contributed by atoms with van der Waals surface area (Å²) in [7, 11) is 3.99. The molecule has 7 nitrogen and oxygen atoms in total. The zero-order valence-corrected chi connectivity index (χ0v) is 16.3. The molecular weight excluding hydrogens is 382 g/mol. The van der Waals surface area contributed by atoms with Crippen molar-refractivity contribution in [3.05, 3.63) is 28.2 Å². The van der Waals surface area contributed by atoms with Gasteiger partial charge in [0.2, 0.25) is 0 Å². The third-order valence-corrected chi connectivity index (χ3v) is 4.56. The Balaban J connectivity index is 1.78. The number of carbonyl (C=O) groups is 1. The van der Waals surface area contributed by atoms with Crippen LogP contribution in [0.3, 0.4) is 0 Å². The van der Waals surface area contributed by atoms with Crippen LogP contribution in [0.15, 0.2) is 18.2 Å². The van der Waals surface area contributed by atoms with Gasteiger partial charge in [0.05, 0.1) is 16.2 Å². The molecule has 0 spiro atoms. The number of nitrogens with zero attached hydrogens (tertiary/aromatic N) is 1. The molecule has 26 heavy (non-hydrogen) atoms. The van der Waals surface area contributed by atoms with Gasteiger partial charge in [-0.2, -0.15) is 0 Å². The second kappa shape index (κ2) is 10.2. The zero-order chi connectivity index (χ0) is 19.1. The highest BCUT2D eigenvalue weighted by Crippen LogP contribution is 2.24. The fourth-order valence-electron chi connectivity index (χ4n) is 2.50. The van der Waals surface area contributed by atoms with Gasteiger partial charge in [0.25, 0.3) is 0 Å². The van der Waals surface area contributed by atoms with Crippen molar-refractivity contribution in [2.45, 2.75) is 25.0 Å². The minimum absolute atomic E-state index is 0.135. The molecule has 146 valence electrons. The van der Waals surface area contributed by atoms with Crippen LogP contribution in [-0.2, 0) is 0 Å². The molecule has 2 amide bonds. The third kappa shape index (κ3) is 6.86. The molecule has 1 heterocycles. The minimum atomic E-state index is -1.09. The molecule has 0 saturated carbocycles. The first kappa shape index (κ1) is 21.1. The van der Waals surface area contributed by atoms with Gasteiger partial charge in [0, 0.05) is 12.2 Å². The van der Waals surface area contributed by atoms with Gasteiger partial charge in [0.1, 0.15) is 12.5 Å². The topological polar surface area (TPSA) is 80.5 Å². The lowest BCUT2D eigenvalue weighted by atomic mass is 10.2. The van der Waals surface area contributed by atoms with Gasteiger partial charge in [-0.1, -0.05) is 23.2 Å². The van der Waals surface area contributed by atoms with E-state index in [9.17, 15) is 9.18 Å². The largest absolute Gasteiger partial charge is 0.321 e. The number of carbonyl (C=O) groups excluding carboxylic acids is 1. The second-order valence-electron chi connectivity index (χ2n) is 6.34. The summed E-state index contributed by atoms with van der Waals surface area (Å²) in [6, 6.07) is 4.34. The Hall–Kier alpha value is -1.16. The molecule has 3 atom stereocenters. The molecule has 0 aromatic heterocycles. The van der Waals surface area contributed by atoms with Gasteiger partial charge < -0.3 is 15.5 Å². The molecule has 5 N–H and O–H groups in total. The summed E-state index contributed by atoms with van der Waals surface area (Å²) in [5.41, 5.74) is 0.509. The Morgan fingerprint density at radius 3 is 2.81 bits per heavy atom. The number of anilines is 1. The Bertz CT molecular complexity index is 606. The number of benzene rings is 1. The average Bonchev–Trinajstić information content (AvgIpc) is 2.57. The molecule has 1 aromatic carbocycles. The Kier molecular flexibility index (Phi) is 8.33. The molecule has 1 fully saturated rings. The van der Waals surface area contributed by atoms with Gasteiger partial charge in [-0.3, -0.25) is 16.0 Å². The highest BCUT2D eigenvalue weighted by atomic mass is 35.5. The highest BCUT2D eigenvalue weighted by Gasteiger charge is 2.29. The molecule has 0 aliphatic carbocycles. The molecular formula is C16H25Cl2FN6O. The van der Waals surface area contributed by atoms with E-state index in [-0.39, 0.29) is 6.54 Å². The molecule has 10 heteroatoms. The molecule has 1 aromatic rings. The SMILES string of the molecule is CN(C)CCCNC1NC(NC(=O)Nc2ccc(Cl)c(Cl)c2)NCC1F. The summed E-state index contributed by atoms with van der Waals surface area (Å²) >= 11 is 11.8. The minimum Gasteiger partial charge on any atom is -0.310 e. The van der Waals surface area contributed by atoms with Crippen molar-refractivity contribution < 1.29 is 9.18 Å². The van der Waals surface area contributed by atoms with Crippen LogP contribution in [0.5, 0.6) is 0 Å². The normalized spacial score (nSPS) is 23.1. The molecule has 0 radical (unpaired) electrons. The quantitative estimate of drug-likeness (QED) is 0.446. The van der Waals surface area contributed by atoms with Crippen molar-refractivity contribution in [1.29, 1.82) is 0 Å². The first-order chi connectivity index (χ1) is 12.3. The van der Waals surface area contributed by atoms with Crippen molar-refractivity contribution in [3.63, 3.8) is 0 Å². The molecule has 3 unspecified atom stereocenters. The summed E-state index contributed by atoms with van der Waals surface area (Å²) in [6.45, 7) is 1.73. The van der Waals surface area contributed by atoms with Crippen molar-refractivity contribution in [2.24, 2.45) is 0 Å². The number of hydrogen-bond acceptors (Lipinski definition) is 5. The third-order valence-electron chi connectivity index (χ3n) is 3.82. The standard InChI is InChI=1S/C16H25Cl2FN6O/c1-25(2)7-3-6-20-14-13(19)9-21-15(23-14)24-16(26)22-10-4-5-11(17)12(18)8-10/h4-5,8,13-15,20-21,23H,3,6-7,9H2,1-2H3,(H2,22,24,26). The lowest BCUT2D eigenvalue weighted by Gasteiger charge is -2.35. The first-order valence-electron chi connectivity index (χ1n) is 8.39. The van der Waals surface area contributed by atoms with Crippen LogP contribution < -0.4 is 26.6 Å². The van der Waals surface area contributed by atoms with Gasteiger partial charge >= 0.3 is 6.03 Å². The number of hydrogen-bond donors (Lipinski definition) is 5. The molecule has 1 aliphatic rings. The number of nitrogens with one attached hydrogen (secondary N) is 5. The van der Waals surface area contributed by atoms with E-state index in [0.29, 0.717) is 22.3 Å². The van der Waals surface area contributed by atoms with E-state index in [2.05, 4.69) is 31.5 Å². The Labute approximate surface area is 163 Å². The number of urea groups is 1. The summed E-state index contributed by atoms with van der Waals surface area (Å²) in [5.74, 6) is 0. The summed E-state index contributed by atoms with van der Waals surface area (Å²) in [4.78, 5) is 14.2. The Morgan fingerprint density at radius 2 is 2.12 bits per heavy atom. The first-order valence-corrected chi connectivity index (χ1v) is 9.15. The van der Waals surface area contributed by atoms with E-state index >= 15 is 0 Å². The van der Waals surface area contributed by atoms with Crippen LogP contribution in [0.2, 0.25) is 10.0 Å². The van der Waals surface area contributed by atoms with Crippen LogP contribution >= 0.6 is 23.2 Å². The zero-order valence-electron chi connectivity index (χ0n) is 14.8. The van der Waals surface area contributed by atoms with E-state index < -0.39 is 24.7 Å². The number of amides is 2. The maximum Gasteiger partial charge on any atom is 0.321 e. The van der Waals surface area contributed by atoms with Crippen LogP contribution in [-0.4, -0.2) is 63.3 Å². The molecule has 1 aliphatic heterocycles. The predicted molar refractivity (Wildman–Crippen MR) is 103 cm³/mol. The summed E-state index contributed by atoms with van der Waals surface area (Å²) < 4.78 is 14.0. The fourth-order valence-corrected chi connectivity index (χ4v) is 2.79. The maximum atomic E-state index is 14.0. The van der Waals surface area contributed by atoms with Crippen molar-refractivity contribution in [3.8, 4) is 0 Å². The lowest BCUT2D eigenvalue weighted by molar-refractivity contribution is 0.131. The van der Waals surface area contributed by atoms with Crippen molar-refractivity contribution >= 4 is 34.9 Å². The van der Waals surface area contributed by atoms with E-state index in [1.807, 2.05) is 14.1 Å². The van der Waals surface area contributed by atoms with Crippen molar-refractivity contribution in [2.75, 3.05) is 39.0 Å². The summed E-state index contributed by atoms with van der Waals surface area (Å²) in [6.07, 6.45) is -1.28. The maximum absolute atomic E-state index is 14.0. The second-order valence-corrected chi connectivity index (χ2v) is 7.15. The van der Waals surface area contributed by atoms with Crippen LogP contribution in [0.4, 0.5) is 14.9 Å². The van der Waals surface area contributed by atoms with Gasteiger partial charge in [-0.25, -0.2) is 9.18 Å². The molecule has 2 rings (SSSR count). The predicted octanol–water partition coefficient (Wildman–Crippen LogP) is 1.80. The van der Waals surface area contributed by atoms with Crippen molar-refractivity contribution in [1.82, 2.24) is 26.2 Å². The average molecular weight is 407 g/mol. The van der Waals surface area contributed by atoms with Gasteiger partial charge in [-0.05, 0) is 51.8 Å². The number of halogens is 3. The summed E-state index contributed by atoms with van der Waals surface area (Å²) in [5, 5.41) is 15.1. The van der Waals surface area contributed by atoms with Gasteiger partial charge in [-0.15, -0.1) is 0 Å². The number of rotatable bonds is 7. The highest BCUT2D eigenvalue weighted by molar-refractivity contribution is 6.42. The lowest BCUT2D eigenvalue weighted by Crippen LogP contribution is -2.69. The van der Waals surface area contributed by atoms with E-state index in [0.717, 1.165) is 13.0 Å². The van der Waals surface area contributed by atoms with Crippen LogP contribution in [0.25, 0.3) is 0 Å². The van der Waals surface area contributed by atoms with Crippen LogP contribution in [0.1, 0.15) is 6.42 Å². The molecule has 0 bridgehead atoms. The monoisotopic (exact) mass is 406 g/mol. The molecule has 1 saturated heterocycles.